The number of benzene rings is 1. The van der Waals surface area contributed by atoms with E-state index in [1.807, 2.05) is 0 Å². The van der Waals surface area contributed by atoms with Crippen LogP contribution in [-0.2, 0) is 9.53 Å². The van der Waals surface area contributed by atoms with E-state index in [1.54, 1.807) is 24.3 Å². The SMILES string of the molecule is Nc1cccc(OCC(=O)OCCC2CCC2)c1. The van der Waals surface area contributed by atoms with Gasteiger partial charge in [-0.1, -0.05) is 25.3 Å². The van der Waals surface area contributed by atoms with Crippen molar-refractivity contribution in [2.24, 2.45) is 5.92 Å². The summed E-state index contributed by atoms with van der Waals surface area (Å²) in [6.07, 6.45) is 4.84. The van der Waals surface area contributed by atoms with Crippen molar-refractivity contribution in [2.45, 2.75) is 25.7 Å². The van der Waals surface area contributed by atoms with Gasteiger partial charge in [0.05, 0.1) is 6.61 Å². The van der Waals surface area contributed by atoms with Crippen LogP contribution in [0.15, 0.2) is 24.3 Å². The van der Waals surface area contributed by atoms with Crippen molar-refractivity contribution in [3.63, 3.8) is 0 Å². The van der Waals surface area contributed by atoms with Gasteiger partial charge in [-0.25, -0.2) is 4.79 Å². The van der Waals surface area contributed by atoms with E-state index in [0.717, 1.165) is 12.3 Å². The van der Waals surface area contributed by atoms with E-state index >= 15 is 0 Å². The highest BCUT2D eigenvalue weighted by Crippen LogP contribution is 2.29. The van der Waals surface area contributed by atoms with Gasteiger partial charge in [-0.2, -0.15) is 0 Å². The van der Waals surface area contributed by atoms with E-state index in [2.05, 4.69) is 0 Å². The molecule has 0 heterocycles. The lowest BCUT2D eigenvalue weighted by atomic mass is 9.83. The van der Waals surface area contributed by atoms with Crippen molar-refractivity contribution in [1.82, 2.24) is 0 Å². The molecule has 98 valence electrons. The molecule has 0 aromatic heterocycles. The quantitative estimate of drug-likeness (QED) is 0.621. The van der Waals surface area contributed by atoms with Crippen LogP contribution in [0.25, 0.3) is 0 Å². The molecule has 2 N–H and O–H groups in total. The predicted octanol–water partition coefficient (Wildman–Crippen LogP) is 2.38. The van der Waals surface area contributed by atoms with Crippen LogP contribution in [0.1, 0.15) is 25.7 Å². The van der Waals surface area contributed by atoms with Crippen LogP contribution in [0.5, 0.6) is 5.75 Å². The molecule has 0 aliphatic heterocycles. The van der Waals surface area contributed by atoms with E-state index in [-0.39, 0.29) is 12.6 Å². The van der Waals surface area contributed by atoms with Gasteiger partial charge in [0.25, 0.3) is 0 Å². The third-order valence-electron chi connectivity index (χ3n) is 3.23. The molecule has 4 heteroatoms. The van der Waals surface area contributed by atoms with Crippen molar-refractivity contribution >= 4 is 11.7 Å². The molecule has 1 aromatic carbocycles. The molecule has 0 saturated heterocycles. The summed E-state index contributed by atoms with van der Waals surface area (Å²) in [5, 5.41) is 0. The second-order valence-corrected chi connectivity index (χ2v) is 4.67. The molecule has 1 aliphatic carbocycles. The summed E-state index contributed by atoms with van der Waals surface area (Å²) in [5.74, 6) is 1.02. The van der Waals surface area contributed by atoms with Crippen LogP contribution < -0.4 is 10.5 Å². The number of hydrogen-bond acceptors (Lipinski definition) is 4. The summed E-state index contributed by atoms with van der Waals surface area (Å²) in [6, 6.07) is 7.00. The Balaban J connectivity index is 1.61. The highest BCUT2D eigenvalue weighted by Gasteiger charge is 2.17. The predicted molar refractivity (Wildman–Crippen MR) is 69.3 cm³/mol. The first kappa shape index (κ1) is 12.7. The van der Waals surface area contributed by atoms with Crippen LogP contribution in [0, 0.1) is 5.92 Å². The zero-order valence-corrected chi connectivity index (χ0v) is 10.4. The number of nitrogen functional groups attached to an aromatic ring is 1. The van der Waals surface area contributed by atoms with E-state index in [0.29, 0.717) is 18.0 Å². The number of nitrogens with two attached hydrogens (primary N) is 1. The van der Waals surface area contributed by atoms with E-state index in [1.165, 1.54) is 19.3 Å². The lowest BCUT2D eigenvalue weighted by Crippen LogP contribution is -2.19. The lowest BCUT2D eigenvalue weighted by Gasteiger charge is -2.24. The zero-order valence-electron chi connectivity index (χ0n) is 10.4. The van der Waals surface area contributed by atoms with Crippen molar-refractivity contribution in [3.8, 4) is 5.75 Å². The molecule has 0 radical (unpaired) electrons. The summed E-state index contributed by atoms with van der Waals surface area (Å²) < 4.78 is 10.4. The first-order valence-electron chi connectivity index (χ1n) is 6.38. The van der Waals surface area contributed by atoms with Gasteiger partial charge in [-0.3, -0.25) is 0 Å². The van der Waals surface area contributed by atoms with Crippen molar-refractivity contribution in [3.05, 3.63) is 24.3 Å². The first-order valence-corrected chi connectivity index (χ1v) is 6.38. The molecule has 0 spiro atoms. The Morgan fingerprint density at radius 1 is 1.39 bits per heavy atom. The van der Waals surface area contributed by atoms with Crippen molar-refractivity contribution < 1.29 is 14.3 Å². The van der Waals surface area contributed by atoms with Crippen LogP contribution in [0.2, 0.25) is 0 Å². The second-order valence-electron chi connectivity index (χ2n) is 4.67. The maximum atomic E-state index is 11.4. The van der Waals surface area contributed by atoms with Gasteiger partial charge in [0, 0.05) is 11.8 Å². The minimum absolute atomic E-state index is 0.0614. The fraction of sp³-hybridized carbons (Fsp3) is 0.500. The van der Waals surface area contributed by atoms with Gasteiger partial charge >= 0.3 is 5.97 Å². The fourth-order valence-corrected chi connectivity index (χ4v) is 1.91. The normalized spacial score (nSPS) is 14.9. The number of ether oxygens (including phenoxy) is 2. The van der Waals surface area contributed by atoms with Gasteiger partial charge in [-0.15, -0.1) is 0 Å². The number of rotatable bonds is 6. The van der Waals surface area contributed by atoms with Crippen LogP contribution in [-0.4, -0.2) is 19.2 Å². The molecular formula is C14H19NO3. The molecule has 1 aromatic rings. The minimum Gasteiger partial charge on any atom is -0.482 e. The van der Waals surface area contributed by atoms with Gasteiger partial charge in [0.2, 0.25) is 0 Å². The molecule has 0 atom stereocenters. The zero-order chi connectivity index (χ0) is 12.8. The van der Waals surface area contributed by atoms with Crippen molar-refractivity contribution in [2.75, 3.05) is 18.9 Å². The molecule has 4 nitrogen and oxygen atoms in total. The number of carbonyl (C=O) groups excluding carboxylic acids is 1. The smallest absolute Gasteiger partial charge is 0.344 e. The third-order valence-corrected chi connectivity index (χ3v) is 3.23. The Kier molecular flexibility index (Phi) is 4.45. The minimum atomic E-state index is -0.322. The van der Waals surface area contributed by atoms with Crippen molar-refractivity contribution in [1.29, 1.82) is 0 Å². The van der Waals surface area contributed by atoms with E-state index < -0.39 is 0 Å². The molecular weight excluding hydrogens is 230 g/mol. The van der Waals surface area contributed by atoms with Gasteiger partial charge in [0.15, 0.2) is 6.61 Å². The molecule has 1 aliphatic rings. The number of hydrogen-bond donors (Lipinski definition) is 1. The summed E-state index contributed by atoms with van der Waals surface area (Å²) in [5.41, 5.74) is 6.22. The number of carbonyl (C=O) groups is 1. The molecule has 0 bridgehead atoms. The first-order chi connectivity index (χ1) is 8.74. The topological polar surface area (TPSA) is 61.5 Å². The van der Waals surface area contributed by atoms with E-state index in [9.17, 15) is 4.79 Å². The van der Waals surface area contributed by atoms with E-state index in [4.69, 9.17) is 15.2 Å². The Labute approximate surface area is 107 Å². The van der Waals surface area contributed by atoms with Crippen LogP contribution in [0.4, 0.5) is 5.69 Å². The number of esters is 1. The summed E-state index contributed by atoms with van der Waals surface area (Å²) in [6.45, 7) is 0.442. The molecule has 1 fully saturated rings. The summed E-state index contributed by atoms with van der Waals surface area (Å²) in [7, 11) is 0. The highest BCUT2D eigenvalue weighted by molar-refractivity contribution is 5.71. The van der Waals surface area contributed by atoms with Gasteiger partial charge in [-0.05, 0) is 24.5 Å². The average Bonchev–Trinajstić information content (AvgIpc) is 2.30. The standard InChI is InChI=1S/C14H19NO3/c15-12-5-2-6-13(9-12)18-10-14(16)17-8-7-11-3-1-4-11/h2,5-6,9,11H,1,3-4,7-8,10,15H2. The maximum Gasteiger partial charge on any atom is 0.344 e. The molecule has 18 heavy (non-hydrogen) atoms. The van der Waals surface area contributed by atoms with Gasteiger partial charge < -0.3 is 15.2 Å². The van der Waals surface area contributed by atoms with Crippen LogP contribution in [0.3, 0.4) is 0 Å². The summed E-state index contributed by atoms with van der Waals surface area (Å²) in [4.78, 5) is 11.4. The molecule has 0 unspecified atom stereocenters. The third kappa shape index (κ3) is 3.95. The monoisotopic (exact) mass is 249 g/mol. The lowest BCUT2D eigenvalue weighted by molar-refractivity contribution is -0.146. The fourth-order valence-electron chi connectivity index (χ4n) is 1.91. The second kappa shape index (κ2) is 6.28. The Morgan fingerprint density at radius 3 is 2.89 bits per heavy atom. The average molecular weight is 249 g/mol. The molecule has 2 rings (SSSR count). The highest BCUT2D eigenvalue weighted by atomic mass is 16.6. The number of anilines is 1. The Bertz CT molecular complexity index is 402. The van der Waals surface area contributed by atoms with Gasteiger partial charge in [0.1, 0.15) is 5.75 Å². The largest absolute Gasteiger partial charge is 0.482 e. The Hall–Kier alpha value is -1.71. The van der Waals surface area contributed by atoms with Crippen LogP contribution >= 0.6 is 0 Å². The molecule has 1 saturated carbocycles. The summed E-state index contributed by atoms with van der Waals surface area (Å²) >= 11 is 0. The maximum absolute atomic E-state index is 11.4. The molecule has 0 amide bonds. The Morgan fingerprint density at radius 2 is 2.22 bits per heavy atom.